The summed E-state index contributed by atoms with van der Waals surface area (Å²) < 4.78 is 10.6. The van der Waals surface area contributed by atoms with Gasteiger partial charge in [-0.05, 0) is 6.42 Å². The van der Waals surface area contributed by atoms with Crippen LogP contribution in [0.4, 0.5) is 0 Å². The van der Waals surface area contributed by atoms with Crippen molar-refractivity contribution in [2.75, 3.05) is 40.0 Å². The Hall–Kier alpha value is -0.650. The highest BCUT2D eigenvalue weighted by Gasteiger charge is 2.36. The topological polar surface area (TPSA) is 64.8 Å². The van der Waals surface area contributed by atoms with Gasteiger partial charge in [-0.2, -0.15) is 0 Å². The summed E-state index contributed by atoms with van der Waals surface area (Å²) in [5.74, 6) is 0.0136. The molecule has 5 heteroatoms. The van der Waals surface area contributed by atoms with Crippen molar-refractivity contribution in [2.24, 2.45) is 5.73 Å². The standard InChI is InChI=1S/C11H22N2O3/c1-3-4-11(8-12)9-13(5-6-16-11)10(14)7-15-2/h3-9,12H2,1-2H3. The maximum absolute atomic E-state index is 11.7. The van der Waals surface area contributed by atoms with E-state index in [1.165, 1.54) is 7.11 Å². The summed E-state index contributed by atoms with van der Waals surface area (Å²) in [5.41, 5.74) is 5.42. The quantitative estimate of drug-likeness (QED) is 0.721. The van der Waals surface area contributed by atoms with Gasteiger partial charge in [0.25, 0.3) is 0 Å². The highest BCUT2D eigenvalue weighted by Crippen LogP contribution is 2.22. The molecule has 16 heavy (non-hydrogen) atoms. The maximum atomic E-state index is 11.7. The predicted molar refractivity (Wildman–Crippen MR) is 61.1 cm³/mol. The van der Waals surface area contributed by atoms with Crippen molar-refractivity contribution in [1.82, 2.24) is 4.90 Å². The summed E-state index contributed by atoms with van der Waals surface area (Å²) in [5, 5.41) is 0. The number of hydrogen-bond donors (Lipinski definition) is 1. The van der Waals surface area contributed by atoms with Crippen LogP contribution in [0.2, 0.25) is 0 Å². The normalized spacial score (nSPS) is 25.8. The summed E-state index contributed by atoms with van der Waals surface area (Å²) in [6.45, 7) is 4.46. The molecular formula is C11H22N2O3. The summed E-state index contributed by atoms with van der Waals surface area (Å²) in [7, 11) is 1.53. The average molecular weight is 230 g/mol. The van der Waals surface area contributed by atoms with Gasteiger partial charge in [-0.3, -0.25) is 4.79 Å². The van der Waals surface area contributed by atoms with E-state index in [1.54, 1.807) is 4.90 Å². The van der Waals surface area contributed by atoms with Crippen molar-refractivity contribution >= 4 is 5.91 Å². The highest BCUT2D eigenvalue weighted by molar-refractivity contribution is 5.77. The fraction of sp³-hybridized carbons (Fsp3) is 0.909. The number of morpholine rings is 1. The lowest BCUT2D eigenvalue weighted by Crippen LogP contribution is -2.57. The third-order valence-corrected chi connectivity index (χ3v) is 2.95. The van der Waals surface area contributed by atoms with Crippen LogP contribution < -0.4 is 5.73 Å². The number of carbonyl (C=O) groups is 1. The van der Waals surface area contributed by atoms with Gasteiger partial charge in [0, 0.05) is 20.2 Å². The molecule has 0 aromatic rings. The maximum Gasteiger partial charge on any atom is 0.248 e. The predicted octanol–water partition coefficient (Wildman–Crippen LogP) is -0.0108. The molecule has 0 aromatic carbocycles. The minimum atomic E-state index is -0.351. The van der Waals surface area contributed by atoms with E-state index in [4.69, 9.17) is 15.2 Å². The van der Waals surface area contributed by atoms with E-state index in [9.17, 15) is 4.79 Å². The Bertz CT molecular complexity index is 231. The number of amides is 1. The van der Waals surface area contributed by atoms with Crippen LogP contribution in [0.1, 0.15) is 19.8 Å². The molecule has 0 spiro atoms. The lowest BCUT2D eigenvalue weighted by molar-refractivity contribution is -0.153. The van der Waals surface area contributed by atoms with E-state index >= 15 is 0 Å². The van der Waals surface area contributed by atoms with Crippen LogP contribution in [0.5, 0.6) is 0 Å². The lowest BCUT2D eigenvalue weighted by atomic mass is 9.95. The van der Waals surface area contributed by atoms with Crippen LogP contribution >= 0.6 is 0 Å². The van der Waals surface area contributed by atoms with Gasteiger partial charge < -0.3 is 20.1 Å². The first kappa shape index (κ1) is 13.4. The van der Waals surface area contributed by atoms with Crippen molar-refractivity contribution in [1.29, 1.82) is 0 Å². The van der Waals surface area contributed by atoms with Gasteiger partial charge in [0.15, 0.2) is 0 Å². The molecule has 0 radical (unpaired) electrons. The van der Waals surface area contributed by atoms with Gasteiger partial charge in [0.2, 0.25) is 5.91 Å². The van der Waals surface area contributed by atoms with E-state index in [0.717, 1.165) is 12.8 Å². The molecule has 1 unspecified atom stereocenters. The van der Waals surface area contributed by atoms with Gasteiger partial charge in [-0.25, -0.2) is 0 Å². The van der Waals surface area contributed by atoms with Crippen molar-refractivity contribution in [3.63, 3.8) is 0 Å². The minimum absolute atomic E-state index is 0.0136. The van der Waals surface area contributed by atoms with Crippen LogP contribution in [-0.2, 0) is 14.3 Å². The fourth-order valence-electron chi connectivity index (χ4n) is 2.10. The molecule has 1 amide bonds. The third kappa shape index (κ3) is 3.17. The van der Waals surface area contributed by atoms with Crippen LogP contribution in [-0.4, -0.2) is 56.4 Å². The zero-order valence-corrected chi connectivity index (χ0v) is 10.2. The Morgan fingerprint density at radius 1 is 1.62 bits per heavy atom. The Morgan fingerprint density at radius 3 is 2.94 bits per heavy atom. The second-order valence-electron chi connectivity index (χ2n) is 4.23. The van der Waals surface area contributed by atoms with Gasteiger partial charge in [-0.15, -0.1) is 0 Å². The number of nitrogens with zero attached hydrogens (tertiary/aromatic N) is 1. The molecule has 1 aliphatic rings. The van der Waals surface area contributed by atoms with Crippen molar-refractivity contribution < 1.29 is 14.3 Å². The first-order valence-corrected chi connectivity index (χ1v) is 5.78. The molecule has 1 saturated heterocycles. The van der Waals surface area contributed by atoms with Crippen molar-refractivity contribution in [3.8, 4) is 0 Å². The van der Waals surface area contributed by atoms with Crippen molar-refractivity contribution in [3.05, 3.63) is 0 Å². The average Bonchev–Trinajstić information content (AvgIpc) is 2.30. The Morgan fingerprint density at radius 2 is 2.38 bits per heavy atom. The molecule has 1 atom stereocenters. The van der Waals surface area contributed by atoms with Gasteiger partial charge in [0.1, 0.15) is 6.61 Å². The lowest BCUT2D eigenvalue weighted by Gasteiger charge is -2.42. The van der Waals surface area contributed by atoms with Crippen LogP contribution in [0.25, 0.3) is 0 Å². The first-order valence-electron chi connectivity index (χ1n) is 5.78. The molecule has 1 rings (SSSR count). The van der Waals surface area contributed by atoms with Crippen LogP contribution in [0.3, 0.4) is 0 Å². The molecular weight excluding hydrogens is 208 g/mol. The number of ether oxygens (including phenoxy) is 2. The van der Waals surface area contributed by atoms with E-state index in [2.05, 4.69) is 6.92 Å². The van der Waals surface area contributed by atoms with E-state index < -0.39 is 0 Å². The second kappa shape index (κ2) is 6.18. The monoisotopic (exact) mass is 230 g/mol. The molecule has 0 saturated carbocycles. The number of nitrogens with two attached hydrogens (primary N) is 1. The fourth-order valence-corrected chi connectivity index (χ4v) is 2.10. The summed E-state index contributed by atoms with van der Waals surface area (Å²) in [6.07, 6.45) is 1.89. The molecule has 1 aliphatic heterocycles. The molecule has 1 heterocycles. The number of hydrogen-bond acceptors (Lipinski definition) is 4. The highest BCUT2D eigenvalue weighted by atomic mass is 16.5. The number of carbonyl (C=O) groups excluding carboxylic acids is 1. The molecule has 5 nitrogen and oxygen atoms in total. The number of methoxy groups -OCH3 is 1. The second-order valence-corrected chi connectivity index (χ2v) is 4.23. The smallest absolute Gasteiger partial charge is 0.248 e. The zero-order chi connectivity index (χ0) is 12.0. The minimum Gasteiger partial charge on any atom is -0.375 e. The Balaban J connectivity index is 2.60. The largest absolute Gasteiger partial charge is 0.375 e. The van der Waals surface area contributed by atoms with Gasteiger partial charge >= 0.3 is 0 Å². The first-order chi connectivity index (χ1) is 7.67. The van der Waals surface area contributed by atoms with E-state index in [1.807, 2.05) is 0 Å². The van der Waals surface area contributed by atoms with Crippen LogP contribution in [0.15, 0.2) is 0 Å². The SMILES string of the molecule is CCCC1(CN)CN(C(=O)COC)CCO1. The molecule has 0 bridgehead atoms. The Kier molecular flexibility index (Phi) is 5.18. The van der Waals surface area contributed by atoms with E-state index in [-0.39, 0.29) is 18.1 Å². The zero-order valence-electron chi connectivity index (χ0n) is 10.2. The third-order valence-electron chi connectivity index (χ3n) is 2.95. The van der Waals surface area contributed by atoms with Crippen LogP contribution in [0, 0.1) is 0 Å². The molecule has 2 N–H and O–H groups in total. The molecule has 0 aromatic heterocycles. The molecule has 94 valence electrons. The van der Waals surface area contributed by atoms with Gasteiger partial charge in [0.05, 0.1) is 18.8 Å². The molecule has 0 aliphatic carbocycles. The Labute approximate surface area is 96.9 Å². The summed E-state index contributed by atoms with van der Waals surface area (Å²) in [6, 6.07) is 0. The molecule has 1 fully saturated rings. The van der Waals surface area contributed by atoms with Crippen molar-refractivity contribution in [2.45, 2.75) is 25.4 Å². The summed E-state index contributed by atoms with van der Waals surface area (Å²) in [4.78, 5) is 13.5. The van der Waals surface area contributed by atoms with E-state index in [0.29, 0.717) is 26.2 Å². The van der Waals surface area contributed by atoms with Gasteiger partial charge in [-0.1, -0.05) is 13.3 Å². The summed E-state index contributed by atoms with van der Waals surface area (Å²) >= 11 is 0. The number of rotatable bonds is 5.